The smallest absolute Gasteiger partial charge is 0.230 e. The Bertz CT molecular complexity index is 386. The lowest BCUT2D eigenvalue weighted by Gasteiger charge is -2.22. The number of unbranched alkanes of at least 4 members (excludes halogenated alkanes) is 4. The first kappa shape index (κ1) is 17.7. The fraction of sp³-hybridized carbons (Fsp3) is 0.812. The summed E-state index contributed by atoms with van der Waals surface area (Å²) in [7, 11) is 0. The summed E-state index contributed by atoms with van der Waals surface area (Å²) in [5, 5.41) is 0. The molecule has 1 heterocycles. The van der Waals surface area contributed by atoms with E-state index in [1.54, 1.807) is 0 Å². The topological polar surface area (TPSA) is 67.9 Å². The zero-order chi connectivity index (χ0) is 15.5. The van der Waals surface area contributed by atoms with E-state index in [0.717, 1.165) is 50.5 Å². The Morgan fingerprint density at radius 2 is 1.43 bits per heavy atom. The quantitative estimate of drug-likeness (QED) is 0.631. The monoisotopic (exact) mass is 293 g/mol. The van der Waals surface area contributed by atoms with E-state index >= 15 is 0 Å². The first-order valence-corrected chi connectivity index (χ1v) is 8.46. The van der Waals surface area contributed by atoms with Gasteiger partial charge in [0.15, 0.2) is 0 Å². The van der Waals surface area contributed by atoms with Crippen LogP contribution in [-0.2, 0) is 6.42 Å². The van der Waals surface area contributed by atoms with Crippen molar-refractivity contribution in [2.45, 2.75) is 72.1 Å². The normalized spacial score (nSPS) is 10.8. The van der Waals surface area contributed by atoms with Crippen molar-refractivity contribution in [2.24, 2.45) is 0 Å². The molecule has 1 rings (SSSR count). The van der Waals surface area contributed by atoms with Crippen molar-refractivity contribution < 1.29 is 0 Å². The van der Waals surface area contributed by atoms with Crippen molar-refractivity contribution >= 4 is 11.9 Å². The van der Waals surface area contributed by atoms with Crippen molar-refractivity contribution in [2.75, 3.05) is 23.7 Å². The molecule has 5 nitrogen and oxygen atoms in total. The average Bonchev–Trinajstić information content (AvgIpc) is 2.47. The summed E-state index contributed by atoms with van der Waals surface area (Å²) in [6, 6.07) is 0. The van der Waals surface area contributed by atoms with Gasteiger partial charge in [0, 0.05) is 19.5 Å². The van der Waals surface area contributed by atoms with E-state index in [9.17, 15) is 0 Å². The molecule has 0 saturated carbocycles. The number of aryl methyl sites for hydroxylation is 1. The third-order valence-electron chi connectivity index (χ3n) is 3.54. The van der Waals surface area contributed by atoms with Crippen LogP contribution < -0.4 is 10.6 Å². The van der Waals surface area contributed by atoms with Gasteiger partial charge in [-0.25, -0.2) is 0 Å². The molecule has 0 aromatic carbocycles. The molecule has 0 bridgehead atoms. The molecular formula is C16H31N5. The number of aromatic nitrogens is 3. The molecule has 0 radical (unpaired) electrons. The highest BCUT2D eigenvalue weighted by molar-refractivity contribution is 5.34. The number of nitrogens with zero attached hydrogens (tertiary/aromatic N) is 4. The Morgan fingerprint density at radius 3 is 2.00 bits per heavy atom. The fourth-order valence-corrected chi connectivity index (χ4v) is 2.22. The molecule has 1 aromatic heterocycles. The summed E-state index contributed by atoms with van der Waals surface area (Å²) >= 11 is 0. The fourth-order valence-electron chi connectivity index (χ4n) is 2.22. The standard InChI is InChI=1S/C16H31N5/c1-4-7-10-11-14-18-15(17)20-16(19-14)21(12-8-5-2)13-9-6-3/h4-13H2,1-3H3,(H2,17,18,19,20). The minimum atomic E-state index is 0.351. The number of anilines is 2. The predicted octanol–water partition coefficient (Wildman–Crippen LogP) is 3.59. The van der Waals surface area contributed by atoms with Gasteiger partial charge in [0.25, 0.3) is 0 Å². The lowest BCUT2D eigenvalue weighted by Crippen LogP contribution is -2.28. The molecular weight excluding hydrogens is 262 g/mol. The van der Waals surface area contributed by atoms with Gasteiger partial charge < -0.3 is 10.6 Å². The van der Waals surface area contributed by atoms with Crippen LogP contribution in [0.1, 0.15) is 71.5 Å². The zero-order valence-electron chi connectivity index (χ0n) is 13.9. The molecule has 0 fully saturated rings. The van der Waals surface area contributed by atoms with E-state index < -0.39 is 0 Å². The summed E-state index contributed by atoms with van der Waals surface area (Å²) in [5.41, 5.74) is 5.87. The second kappa shape index (κ2) is 10.4. The maximum absolute atomic E-state index is 5.87. The summed E-state index contributed by atoms with van der Waals surface area (Å²) in [5.74, 6) is 1.95. The van der Waals surface area contributed by atoms with Crippen LogP contribution in [0.3, 0.4) is 0 Å². The predicted molar refractivity (Wildman–Crippen MR) is 89.5 cm³/mol. The van der Waals surface area contributed by atoms with Gasteiger partial charge in [-0.3, -0.25) is 0 Å². The molecule has 0 spiro atoms. The highest BCUT2D eigenvalue weighted by atomic mass is 15.3. The number of nitrogens with two attached hydrogens (primary N) is 1. The van der Waals surface area contributed by atoms with E-state index in [4.69, 9.17) is 5.73 Å². The van der Waals surface area contributed by atoms with Crippen molar-refractivity contribution in [1.29, 1.82) is 0 Å². The van der Waals surface area contributed by atoms with Crippen LogP contribution >= 0.6 is 0 Å². The molecule has 0 amide bonds. The molecule has 1 aromatic rings. The number of rotatable bonds is 11. The molecule has 0 aliphatic heterocycles. The van der Waals surface area contributed by atoms with Crippen LogP contribution in [0.4, 0.5) is 11.9 Å². The molecule has 21 heavy (non-hydrogen) atoms. The van der Waals surface area contributed by atoms with Crippen LogP contribution in [0, 0.1) is 0 Å². The Balaban J connectivity index is 2.79. The van der Waals surface area contributed by atoms with Crippen LogP contribution in [0.5, 0.6) is 0 Å². The SMILES string of the molecule is CCCCCc1nc(N)nc(N(CCCC)CCCC)n1. The molecule has 0 aliphatic carbocycles. The molecule has 0 saturated heterocycles. The summed E-state index contributed by atoms with van der Waals surface area (Å²) in [6.07, 6.45) is 9.06. The van der Waals surface area contributed by atoms with Gasteiger partial charge in [-0.05, 0) is 19.3 Å². The van der Waals surface area contributed by atoms with Crippen molar-refractivity contribution in [3.8, 4) is 0 Å². The van der Waals surface area contributed by atoms with Crippen LogP contribution in [0.15, 0.2) is 0 Å². The molecule has 0 unspecified atom stereocenters. The maximum atomic E-state index is 5.87. The van der Waals surface area contributed by atoms with Gasteiger partial charge in [0.05, 0.1) is 0 Å². The number of nitrogen functional groups attached to an aromatic ring is 1. The van der Waals surface area contributed by atoms with Crippen molar-refractivity contribution in [3.63, 3.8) is 0 Å². The summed E-state index contributed by atoms with van der Waals surface area (Å²) in [6.45, 7) is 8.60. The first-order chi connectivity index (χ1) is 10.2. The lowest BCUT2D eigenvalue weighted by atomic mass is 10.2. The van der Waals surface area contributed by atoms with Crippen LogP contribution in [0.25, 0.3) is 0 Å². The maximum Gasteiger partial charge on any atom is 0.230 e. The lowest BCUT2D eigenvalue weighted by molar-refractivity contribution is 0.650. The second-order valence-electron chi connectivity index (χ2n) is 5.56. The van der Waals surface area contributed by atoms with E-state index in [0.29, 0.717) is 5.95 Å². The third-order valence-corrected chi connectivity index (χ3v) is 3.54. The largest absolute Gasteiger partial charge is 0.368 e. The molecule has 2 N–H and O–H groups in total. The van der Waals surface area contributed by atoms with Crippen LogP contribution in [0.2, 0.25) is 0 Å². The van der Waals surface area contributed by atoms with Crippen LogP contribution in [-0.4, -0.2) is 28.0 Å². The Hall–Kier alpha value is -1.39. The van der Waals surface area contributed by atoms with Gasteiger partial charge in [0.1, 0.15) is 5.82 Å². The molecule has 0 aliphatic rings. The molecule has 0 atom stereocenters. The Labute approximate surface area is 129 Å². The van der Waals surface area contributed by atoms with E-state index in [1.165, 1.54) is 25.7 Å². The van der Waals surface area contributed by atoms with Gasteiger partial charge in [-0.15, -0.1) is 0 Å². The summed E-state index contributed by atoms with van der Waals surface area (Å²) < 4.78 is 0. The van der Waals surface area contributed by atoms with Gasteiger partial charge >= 0.3 is 0 Å². The van der Waals surface area contributed by atoms with Gasteiger partial charge in [0.2, 0.25) is 11.9 Å². The highest BCUT2D eigenvalue weighted by Gasteiger charge is 2.12. The van der Waals surface area contributed by atoms with Gasteiger partial charge in [-0.1, -0.05) is 46.5 Å². The zero-order valence-corrected chi connectivity index (χ0v) is 13.9. The highest BCUT2D eigenvalue weighted by Crippen LogP contribution is 2.13. The average molecular weight is 293 g/mol. The minimum absolute atomic E-state index is 0.351. The van der Waals surface area contributed by atoms with Crippen molar-refractivity contribution in [1.82, 2.24) is 15.0 Å². The number of hydrogen-bond donors (Lipinski definition) is 1. The first-order valence-electron chi connectivity index (χ1n) is 8.46. The van der Waals surface area contributed by atoms with E-state index in [1.807, 2.05) is 0 Å². The Kier molecular flexibility index (Phi) is 8.71. The van der Waals surface area contributed by atoms with Gasteiger partial charge in [-0.2, -0.15) is 15.0 Å². The number of hydrogen-bond acceptors (Lipinski definition) is 5. The minimum Gasteiger partial charge on any atom is -0.368 e. The third kappa shape index (κ3) is 6.74. The summed E-state index contributed by atoms with van der Waals surface area (Å²) in [4.78, 5) is 15.5. The Morgan fingerprint density at radius 1 is 0.810 bits per heavy atom. The van der Waals surface area contributed by atoms with E-state index in [-0.39, 0.29) is 0 Å². The molecule has 120 valence electrons. The second-order valence-corrected chi connectivity index (χ2v) is 5.56. The molecule has 5 heteroatoms. The van der Waals surface area contributed by atoms with Crippen molar-refractivity contribution in [3.05, 3.63) is 5.82 Å². The van der Waals surface area contributed by atoms with E-state index in [2.05, 4.69) is 40.6 Å².